The van der Waals surface area contributed by atoms with Gasteiger partial charge in [-0.25, -0.2) is 0 Å². The molecule has 0 atom stereocenters. The van der Waals surface area contributed by atoms with Crippen molar-refractivity contribution in [3.05, 3.63) is 90.2 Å². The van der Waals surface area contributed by atoms with Gasteiger partial charge in [0.25, 0.3) is 11.1 Å². The summed E-state index contributed by atoms with van der Waals surface area (Å²) in [6.07, 6.45) is 1.59. The minimum absolute atomic E-state index is 0.197. The molecule has 3 amide bonds. The van der Waals surface area contributed by atoms with E-state index < -0.39 is 17.1 Å². The minimum atomic E-state index is -0.542. The van der Waals surface area contributed by atoms with Gasteiger partial charge in [-0.05, 0) is 113 Å². The Bertz CT molecular complexity index is 1510. The molecule has 40 heavy (non-hydrogen) atoms. The molecule has 1 N–H and O–H groups in total. The molecule has 3 aromatic rings. The average molecular weight is 664 g/mol. The van der Waals surface area contributed by atoms with Gasteiger partial charge >= 0.3 is 0 Å². The third kappa shape index (κ3) is 7.40. The third-order valence-corrected chi connectivity index (χ3v) is 7.91. The number of benzene rings is 3. The highest BCUT2D eigenvalue weighted by atomic mass is 79.9. The second-order valence-electron chi connectivity index (χ2n) is 8.99. The number of hydrogen-bond donors (Lipinski definition) is 1. The van der Waals surface area contributed by atoms with Crippen LogP contribution in [0.1, 0.15) is 29.2 Å². The predicted molar refractivity (Wildman–Crippen MR) is 163 cm³/mol. The lowest BCUT2D eigenvalue weighted by Gasteiger charge is -2.15. The Morgan fingerprint density at radius 1 is 1.02 bits per heavy atom. The van der Waals surface area contributed by atoms with Gasteiger partial charge in [-0.3, -0.25) is 19.3 Å². The van der Waals surface area contributed by atoms with Crippen LogP contribution in [0.25, 0.3) is 6.08 Å². The summed E-state index contributed by atoms with van der Waals surface area (Å²) in [6, 6.07) is 14.4. The van der Waals surface area contributed by atoms with Crippen LogP contribution in [0.2, 0.25) is 10.0 Å². The van der Waals surface area contributed by atoms with Crippen LogP contribution in [0.3, 0.4) is 0 Å². The lowest BCUT2D eigenvalue weighted by molar-refractivity contribution is -0.127. The number of rotatable bonds is 9. The largest absolute Gasteiger partial charge is 0.490 e. The molecule has 11 heteroatoms. The molecular formula is C29H25BrCl2N2O5S. The van der Waals surface area contributed by atoms with Crippen LogP contribution in [0.4, 0.5) is 10.5 Å². The zero-order chi connectivity index (χ0) is 29.0. The summed E-state index contributed by atoms with van der Waals surface area (Å²) in [4.78, 5) is 39.4. The van der Waals surface area contributed by atoms with Crippen LogP contribution >= 0.6 is 50.9 Å². The maximum absolute atomic E-state index is 13.0. The molecule has 0 radical (unpaired) electrons. The number of ether oxygens (including phenoxy) is 2. The molecule has 208 valence electrons. The zero-order valence-electron chi connectivity index (χ0n) is 21.8. The summed E-state index contributed by atoms with van der Waals surface area (Å²) >= 11 is 16.4. The number of anilines is 1. The van der Waals surface area contributed by atoms with Gasteiger partial charge in [0.05, 0.1) is 26.0 Å². The Morgan fingerprint density at radius 2 is 1.75 bits per heavy atom. The number of hydrogen-bond acceptors (Lipinski definition) is 6. The number of carbonyl (C=O) groups is 3. The van der Waals surface area contributed by atoms with E-state index in [2.05, 4.69) is 21.2 Å². The Labute approximate surface area is 254 Å². The molecule has 1 saturated heterocycles. The molecule has 0 saturated carbocycles. The van der Waals surface area contributed by atoms with E-state index in [1.165, 1.54) is 0 Å². The predicted octanol–water partition coefficient (Wildman–Crippen LogP) is 8.03. The number of amides is 3. The van der Waals surface area contributed by atoms with E-state index in [1.807, 2.05) is 45.0 Å². The molecule has 1 aliphatic heterocycles. The second-order valence-corrected chi connectivity index (χ2v) is 11.7. The average Bonchev–Trinajstić information content (AvgIpc) is 3.12. The first-order valence-electron chi connectivity index (χ1n) is 12.2. The first-order valence-corrected chi connectivity index (χ1v) is 14.6. The van der Waals surface area contributed by atoms with E-state index in [1.54, 1.807) is 30.3 Å². The van der Waals surface area contributed by atoms with Gasteiger partial charge in [0.2, 0.25) is 5.91 Å². The Balaban J connectivity index is 1.49. The van der Waals surface area contributed by atoms with Gasteiger partial charge < -0.3 is 14.8 Å². The lowest BCUT2D eigenvalue weighted by atomic mass is 10.1. The molecule has 0 aromatic heterocycles. The molecule has 7 nitrogen and oxygen atoms in total. The standard InChI is InChI=1S/C29H25BrCl2N2O5S/c1-4-38-24-12-19(10-21(30)27(24)39-15-18-5-6-22(31)23(32)11-18)13-25-28(36)34(29(37)40-25)14-26(35)33-20-8-16(2)7-17(3)9-20/h5-13H,4,14-15H2,1-3H3,(H,33,35)/b25-13+. The fourth-order valence-electron chi connectivity index (χ4n) is 4.04. The molecule has 0 aliphatic carbocycles. The minimum Gasteiger partial charge on any atom is -0.490 e. The van der Waals surface area contributed by atoms with Crippen LogP contribution < -0.4 is 14.8 Å². The van der Waals surface area contributed by atoms with Crippen molar-refractivity contribution in [2.45, 2.75) is 27.4 Å². The first kappa shape index (κ1) is 30.0. The number of nitrogens with zero attached hydrogens (tertiary/aromatic N) is 1. The van der Waals surface area contributed by atoms with Gasteiger partial charge in [-0.2, -0.15) is 0 Å². The van der Waals surface area contributed by atoms with Crippen molar-refractivity contribution in [2.24, 2.45) is 0 Å². The van der Waals surface area contributed by atoms with E-state index in [9.17, 15) is 14.4 Å². The smallest absolute Gasteiger partial charge is 0.294 e. The first-order chi connectivity index (χ1) is 19.0. The highest BCUT2D eigenvalue weighted by Gasteiger charge is 2.36. The number of imide groups is 1. The molecule has 0 unspecified atom stereocenters. The van der Waals surface area contributed by atoms with Gasteiger partial charge in [0.1, 0.15) is 13.2 Å². The number of nitrogens with one attached hydrogen (secondary N) is 1. The molecule has 1 heterocycles. The fraction of sp³-hybridized carbons (Fsp3) is 0.207. The summed E-state index contributed by atoms with van der Waals surface area (Å²) in [5.74, 6) is -0.0746. The van der Waals surface area contributed by atoms with E-state index in [0.29, 0.717) is 43.9 Å². The molecule has 0 spiro atoms. The van der Waals surface area contributed by atoms with Crippen LogP contribution in [0, 0.1) is 13.8 Å². The van der Waals surface area contributed by atoms with Crippen molar-refractivity contribution < 1.29 is 23.9 Å². The summed E-state index contributed by atoms with van der Waals surface area (Å²) in [7, 11) is 0. The van der Waals surface area contributed by atoms with Crippen molar-refractivity contribution in [1.82, 2.24) is 4.90 Å². The van der Waals surface area contributed by atoms with Crippen molar-refractivity contribution in [3.8, 4) is 11.5 Å². The molecule has 0 bridgehead atoms. The Kier molecular flexibility index (Phi) is 9.84. The van der Waals surface area contributed by atoms with Crippen molar-refractivity contribution >= 4 is 79.7 Å². The van der Waals surface area contributed by atoms with Crippen LogP contribution in [0.15, 0.2) is 57.9 Å². The maximum Gasteiger partial charge on any atom is 0.294 e. The van der Waals surface area contributed by atoms with Gasteiger partial charge in [0, 0.05) is 5.69 Å². The monoisotopic (exact) mass is 662 g/mol. The summed E-state index contributed by atoms with van der Waals surface area (Å²) in [5.41, 5.74) is 4.03. The van der Waals surface area contributed by atoms with Crippen molar-refractivity contribution in [2.75, 3.05) is 18.5 Å². The summed E-state index contributed by atoms with van der Waals surface area (Å²) < 4.78 is 12.4. The molecule has 3 aromatic carbocycles. The quantitative estimate of drug-likeness (QED) is 0.233. The fourth-order valence-corrected chi connectivity index (χ4v) is 5.77. The number of aryl methyl sites for hydroxylation is 2. The number of thioether (sulfide) groups is 1. The topological polar surface area (TPSA) is 84.9 Å². The summed E-state index contributed by atoms with van der Waals surface area (Å²) in [5, 5.41) is 3.13. The normalized spacial score (nSPS) is 14.2. The molecular weight excluding hydrogens is 639 g/mol. The molecule has 1 fully saturated rings. The summed E-state index contributed by atoms with van der Waals surface area (Å²) in [6.45, 7) is 5.91. The van der Waals surface area contributed by atoms with E-state index in [-0.39, 0.29) is 18.1 Å². The van der Waals surface area contributed by atoms with Crippen LogP contribution in [0.5, 0.6) is 11.5 Å². The van der Waals surface area contributed by atoms with Crippen molar-refractivity contribution in [3.63, 3.8) is 0 Å². The highest BCUT2D eigenvalue weighted by molar-refractivity contribution is 9.10. The van der Waals surface area contributed by atoms with Crippen LogP contribution in [-0.4, -0.2) is 35.1 Å². The van der Waals surface area contributed by atoms with Crippen molar-refractivity contribution in [1.29, 1.82) is 0 Å². The van der Waals surface area contributed by atoms with Gasteiger partial charge in [-0.1, -0.05) is 35.3 Å². The highest BCUT2D eigenvalue weighted by Crippen LogP contribution is 2.40. The second kappa shape index (κ2) is 13.1. The van der Waals surface area contributed by atoms with Crippen LogP contribution in [-0.2, 0) is 16.2 Å². The molecule has 4 rings (SSSR count). The van der Waals surface area contributed by atoms with E-state index >= 15 is 0 Å². The maximum atomic E-state index is 13.0. The third-order valence-electron chi connectivity index (χ3n) is 5.68. The molecule has 1 aliphatic rings. The van der Waals surface area contributed by atoms with Gasteiger partial charge in [-0.15, -0.1) is 0 Å². The Hall–Kier alpha value is -2.98. The van der Waals surface area contributed by atoms with Gasteiger partial charge in [0.15, 0.2) is 11.5 Å². The van der Waals surface area contributed by atoms with E-state index in [4.69, 9.17) is 32.7 Å². The lowest BCUT2D eigenvalue weighted by Crippen LogP contribution is -2.36. The zero-order valence-corrected chi connectivity index (χ0v) is 25.8. The SMILES string of the molecule is CCOc1cc(/C=C2/SC(=O)N(CC(=O)Nc3cc(C)cc(C)c3)C2=O)cc(Br)c1OCc1ccc(Cl)c(Cl)c1. The number of carbonyl (C=O) groups excluding carboxylic acids is 3. The Morgan fingerprint density at radius 3 is 2.42 bits per heavy atom. The van der Waals surface area contributed by atoms with E-state index in [0.717, 1.165) is 33.4 Å². The number of halogens is 3.